The van der Waals surface area contributed by atoms with Gasteiger partial charge in [0.1, 0.15) is 13.2 Å². The van der Waals surface area contributed by atoms with E-state index < -0.39 is 18.5 Å². The molecular weight excluding hydrogens is 230 g/mol. The second-order valence-electron chi connectivity index (χ2n) is 3.65. The average Bonchev–Trinajstić information content (AvgIpc) is 3.00. The van der Waals surface area contributed by atoms with Crippen LogP contribution in [-0.2, 0) is 14.3 Å². The summed E-state index contributed by atoms with van der Waals surface area (Å²) in [5.41, 5.74) is 0. The molecule has 1 fully saturated rings. The van der Waals surface area contributed by atoms with Crippen molar-refractivity contribution in [3.05, 3.63) is 5.89 Å². The molecular formula is C9H11N3O5. The number of aromatic nitrogens is 2. The van der Waals surface area contributed by atoms with Gasteiger partial charge in [0, 0.05) is 5.92 Å². The maximum Gasteiger partial charge on any atom is 0.329 e. The highest BCUT2D eigenvalue weighted by molar-refractivity contribution is 5.89. The Bertz CT molecular complexity index is 426. The van der Waals surface area contributed by atoms with Gasteiger partial charge in [0.25, 0.3) is 5.91 Å². The monoisotopic (exact) mass is 241 g/mol. The Kier molecular flexibility index (Phi) is 3.33. The van der Waals surface area contributed by atoms with Crippen molar-refractivity contribution in [2.45, 2.75) is 18.8 Å². The van der Waals surface area contributed by atoms with Gasteiger partial charge < -0.3 is 14.3 Å². The standard InChI is InChI=1S/C9H11N3O5/c13-6(3-16-4-7(14)15)10-9-12-11-8(17-9)5-1-2-5/h5H,1-4H2,(H,14,15)(H,10,12,13). The zero-order valence-corrected chi connectivity index (χ0v) is 8.88. The quantitative estimate of drug-likeness (QED) is 0.719. The molecule has 17 heavy (non-hydrogen) atoms. The fourth-order valence-electron chi connectivity index (χ4n) is 1.17. The largest absolute Gasteiger partial charge is 0.480 e. The molecule has 1 aromatic rings. The van der Waals surface area contributed by atoms with E-state index in [4.69, 9.17) is 9.52 Å². The van der Waals surface area contributed by atoms with Crippen LogP contribution in [0, 0.1) is 0 Å². The van der Waals surface area contributed by atoms with Gasteiger partial charge in [-0.25, -0.2) is 4.79 Å². The lowest BCUT2D eigenvalue weighted by Crippen LogP contribution is -2.20. The van der Waals surface area contributed by atoms with Crippen LogP contribution in [0.2, 0.25) is 0 Å². The predicted octanol–water partition coefficient (Wildman–Crippen LogP) is -0.0133. The summed E-state index contributed by atoms with van der Waals surface area (Å²) in [6.07, 6.45) is 2.05. The number of carboxylic acid groups (broad SMARTS) is 1. The first-order valence-corrected chi connectivity index (χ1v) is 5.08. The van der Waals surface area contributed by atoms with Crippen LogP contribution < -0.4 is 5.32 Å². The number of rotatable bonds is 6. The third-order valence-electron chi connectivity index (χ3n) is 2.07. The smallest absolute Gasteiger partial charge is 0.329 e. The summed E-state index contributed by atoms with van der Waals surface area (Å²) in [6.45, 7) is -0.891. The van der Waals surface area contributed by atoms with Gasteiger partial charge >= 0.3 is 12.0 Å². The number of amides is 1. The summed E-state index contributed by atoms with van der Waals surface area (Å²) in [5.74, 6) is -0.827. The van der Waals surface area contributed by atoms with Crippen LogP contribution in [0.15, 0.2) is 4.42 Å². The van der Waals surface area contributed by atoms with Crippen LogP contribution in [-0.4, -0.2) is 40.4 Å². The summed E-state index contributed by atoms with van der Waals surface area (Å²) >= 11 is 0. The van der Waals surface area contributed by atoms with Crippen molar-refractivity contribution in [1.29, 1.82) is 0 Å². The number of anilines is 1. The van der Waals surface area contributed by atoms with E-state index in [9.17, 15) is 9.59 Å². The predicted molar refractivity (Wildman–Crippen MR) is 53.4 cm³/mol. The maximum atomic E-state index is 11.2. The minimum Gasteiger partial charge on any atom is -0.480 e. The summed E-state index contributed by atoms with van der Waals surface area (Å²) in [5, 5.41) is 18.0. The van der Waals surface area contributed by atoms with Gasteiger partial charge in [0.15, 0.2) is 0 Å². The number of aliphatic carboxylic acids is 1. The first-order chi connectivity index (χ1) is 8.15. The topological polar surface area (TPSA) is 115 Å². The number of nitrogens with one attached hydrogen (secondary N) is 1. The summed E-state index contributed by atoms with van der Waals surface area (Å²) in [6, 6.07) is 0.0100. The van der Waals surface area contributed by atoms with Crippen molar-refractivity contribution in [2.24, 2.45) is 0 Å². The highest BCUT2D eigenvalue weighted by atomic mass is 16.5. The molecule has 1 aliphatic carbocycles. The molecule has 0 aliphatic heterocycles. The zero-order valence-electron chi connectivity index (χ0n) is 8.88. The van der Waals surface area contributed by atoms with Crippen LogP contribution in [0.3, 0.4) is 0 Å². The molecule has 1 saturated carbocycles. The average molecular weight is 241 g/mol. The molecule has 0 radical (unpaired) electrons. The third-order valence-corrected chi connectivity index (χ3v) is 2.07. The fourth-order valence-corrected chi connectivity index (χ4v) is 1.17. The van der Waals surface area contributed by atoms with Crippen LogP contribution in [0.5, 0.6) is 0 Å². The number of carbonyl (C=O) groups excluding carboxylic acids is 1. The SMILES string of the molecule is O=C(O)COCC(=O)Nc1nnc(C2CC2)o1. The first-order valence-electron chi connectivity index (χ1n) is 5.08. The number of carboxylic acids is 1. The number of hydrogen-bond donors (Lipinski definition) is 2. The van der Waals surface area contributed by atoms with E-state index in [0.29, 0.717) is 11.8 Å². The van der Waals surface area contributed by atoms with Gasteiger partial charge in [-0.3, -0.25) is 10.1 Å². The van der Waals surface area contributed by atoms with E-state index in [-0.39, 0.29) is 12.6 Å². The Balaban J connectivity index is 1.74. The molecule has 1 amide bonds. The molecule has 8 heteroatoms. The van der Waals surface area contributed by atoms with Crippen molar-refractivity contribution in [2.75, 3.05) is 18.5 Å². The van der Waals surface area contributed by atoms with E-state index in [1.54, 1.807) is 0 Å². The minimum absolute atomic E-state index is 0.0100. The summed E-state index contributed by atoms with van der Waals surface area (Å²) in [4.78, 5) is 21.4. The molecule has 0 spiro atoms. The third kappa shape index (κ3) is 3.52. The van der Waals surface area contributed by atoms with E-state index >= 15 is 0 Å². The van der Waals surface area contributed by atoms with Crippen molar-refractivity contribution in [3.63, 3.8) is 0 Å². The molecule has 0 bridgehead atoms. The molecule has 2 N–H and O–H groups in total. The normalized spacial score (nSPS) is 14.6. The molecule has 0 saturated heterocycles. The highest BCUT2D eigenvalue weighted by Crippen LogP contribution is 2.39. The summed E-state index contributed by atoms with van der Waals surface area (Å²) < 4.78 is 9.77. The number of carbonyl (C=O) groups is 2. The van der Waals surface area contributed by atoms with Gasteiger partial charge in [-0.05, 0) is 12.8 Å². The molecule has 1 aliphatic rings. The van der Waals surface area contributed by atoms with Crippen molar-refractivity contribution in [1.82, 2.24) is 10.2 Å². The Morgan fingerprint density at radius 3 is 2.82 bits per heavy atom. The Labute approximate surface area is 96.0 Å². The minimum atomic E-state index is -1.13. The first kappa shape index (κ1) is 11.5. The van der Waals surface area contributed by atoms with Gasteiger partial charge in [-0.1, -0.05) is 5.10 Å². The fraction of sp³-hybridized carbons (Fsp3) is 0.556. The van der Waals surface area contributed by atoms with Crippen LogP contribution in [0.4, 0.5) is 6.01 Å². The molecule has 8 nitrogen and oxygen atoms in total. The second kappa shape index (κ2) is 4.91. The van der Waals surface area contributed by atoms with E-state index in [1.807, 2.05) is 0 Å². The van der Waals surface area contributed by atoms with Gasteiger partial charge in [-0.2, -0.15) is 0 Å². The molecule has 0 aromatic carbocycles. The van der Waals surface area contributed by atoms with Gasteiger partial charge in [0.05, 0.1) is 0 Å². The Hall–Kier alpha value is -1.96. The van der Waals surface area contributed by atoms with E-state index in [0.717, 1.165) is 12.8 Å². The maximum absolute atomic E-state index is 11.2. The van der Waals surface area contributed by atoms with Crippen molar-refractivity contribution in [3.8, 4) is 0 Å². The van der Waals surface area contributed by atoms with Gasteiger partial charge in [-0.15, -0.1) is 5.10 Å². The molecule has 2 rings (SSSR count). The number of hydrogen-bond acceptors (Lipinski definition) is 6. The Morgan fingerprint density at radius 2 is 2.18 bits per heavy atom. The van der Waals surface area contributed by atoms with Crippen LogP contribution >= 0.6 is 0 Å². The lowest BCUT2D eigenvalue weighted by molar-refractivity contribution is -0.143. The van der Waals surface area contributed by atoms with Crippen LogP contribution in [0.25, 0.3) is 0 Å². The van der Waals surface area contributed by atoms with E-state index in [2.05, 4.69) is 20.3 Å². The lowest BCUT2D eigenvalue weighted by Gasteiger charge is -1.99. The number of nitrogens with zero attached hydrogens (tertiary/aromatic N) is 2. The van der Waals surface area contributed by atoms with E-state index in [1.165, 1.54) is 0 Å². The highest BCUT2D eigenvalue weighted by Gasteiger charge is 2.29. The summed E-state index contributed by atoms with van der Waals surface area (Å²) in [7, 11) is 0. The van der Waals surface area contributed by atoms with Crippen LogP contribution in [0.1, 0.15) is 24.7 Å². The molecule has 92 valence electrons. The van der Waals surface area contributed by atoms with Gasteiger partial charge in [0.2, 0.25) is 5.89 Å². The molecule has 0 unspecified atom stereocenters. The van der Waals surface area contributed by atoms with Crippen molar-refractivity contribution < 1.29 is 23.8 Å². The lowest BCUT2D eigenvalue weighted by atomic mass is 10.4. The number of ether oxygens (including phenoxy) is 1. The molecule has 1 heterocycles. The zero-order chi connectivity index (χ0) is 12.3. The molecule has 0 atom stereocenters. The second-order valence-corrected chi connectivity index (χ2v) is 3.65. The van der Waals surface area contributed by atoms with Crippen molar-refractivity contribution >= 4 is 17.9 Å². The Morgan fingerprint density at radius 1 is 1.41 bits per heavy atom. The molecule has 1 aromatic heterocycles.